The normalized spacial score (nSPS) is 18.2. The number of nitrogens with zero attached hydrogens (tertiary/aromatic N) is 1. The molecule has 3 rings (SSSR count). The first-order valence-corrected chi connectivity index (χ1v) is 5.49. The van der Waals surface area contributed by atoms with E-state index >= 15 is 0 Å². The lowest BCUT2D eigenvalue weighted by molar-refractivity contribution is 0.279. The zero-order valence-corrected chi connectivity index (χ0v) is 9.10. The van der Waals surface area contributed by atoms with Crippen LogP contribution >= 0.6 is 0 Å². The van der Waals surface area contributed by atoms with Crippen LogP contribution in [0.2, 0.25) is 0 Å². The Morgan fingerprint density at radius 1 is 1.50 bits per heavy atom. The molecule has 0 saturated heterocycles. The molecule has 0 saturated carbocycles. The van der Waals surface area contributed by atoms with Crippen LogP contribution in [-0.4, -0.2) is 9.67 Å². The molecule has 0 amide bonds. The number of aliphatic hydroxyl groups is 1. The van der Waals surface area contributed by atoms with Crippen molar-refractivity contribution in [2.24, 2.45) is 0 Å². The Kier molecular flexibility index (Phi) is 1.91. The molecule has 2 heterocycles. The molecule has 1 aliphatic heterocycles. The smallest absolute Gasteiger partial charge is 0.256 e. The van der Waals surface area contributed by atoms with E-state index in [2.05, 4.69) is 6.07 Å². The maximum atomic E-state index is 12.1. The van der Waals surface area contributed by atoms with Gasteiger partial charge in [-0.25, -0.2) is 0 Å². The maximum Gasteiger partial charge on any atom is 0.256 e. The summed E-state index contributed by atoms with van der Waals surface area (Å²) in [5.74, 6) is 0. The van der Waals surface area contributed by atoms with Gasteiger partial charge in [-0.1, -0.05) is 18.2 Å². The van der Waals surface area contributed by atoms with Crippen LogP contribution in [0.5, 0.6) is 0 Å². The largest absolute Gasteiger partial charge is 0.391 e. The van der Waals surface area contributed by atoms with Crippen LogP contribution in [0.15, 0.2) is 29.1 Å². The Bertz CT molecular complexity index is 628. The Balaban J connectivity index is 2.52. The first-order chi connectivity index (χ1) is 7.72. The summed E-state index contributed by atoms with van der Waals surface area (Å²) in [5, 5.41) is 10.2. The molecule has 0 spiro atoms. The van der Waals surface area contributed by atoms with Crippen LogP contribution in [0, 0.1) is 0 Å². The molecule has 1 aromatic carbocycles. The summed E-state index contributed by atoms with van der Waals surface area (Å²) < 4.78 is 1.82. The van der Waals surface area contributed by atoms with E-state index in [-0.39, 0.29) is 18.2 Å². The van der Waals surface area contributed by atoms with Gasteiger partial charge in [-0.15, -0.1) is 0 Å². The van der Waals surface area contributed by atoms with Gasteiger partial charge in [0.05, 0.1) is 12.1 Å². The molecule has 1 atom stereocenters. The highest BCUT2D eigenvalue weighted by molar-refractivity contribution is 5.84. The van der Waals surface area contributed by atoms with Gasteiger partial charge in [-0.05, 0) is 30.4 Å². The standard InChI is InChI=1S/C13H13NO2/c1-8-5-9-3-2-4-10-6-11(7-15)13(16)14(8)12(9)10/h2-4,6,8,15H,5,7H2,1H3/t8-/m0/s1. The van der Waals surface area contributed by atoms with Crippen LogP contribution in [0.3, 0.4) is 0 Å². The first-order valence-electron chi connectivity index (χ1n) is 5.49. The van der Waals surface area contributed by atoms with Gasteiger partial charge in [-0.3, -0.25) is 4.79 Å². The molecule has 1 aliphatic rings. The second-order valence-electron chi connectivity index (χ2n) is 4.41. The van der Waals surface area contributed by atoms with Crippen LogP contribution in [-0.2, 0) is 13.0 Å². The second kappa shape index (κ2) is 3.19. The quantitative estimate of drug-likeness (QED) is 0.785. The summed E-state index contributed by atoms with van der Waals surface area (Å²) in [6.45, 7) is 1.85. The minimum absolute atomic E-state index is 0.0487. The SMILES string of the molecule is C[C@H]1Cc2cccc3cc(CO)c(=O)n1c23. The van der Waals surface area contributed by atoms with E-state index < -0.39 is 0 Å². The summed E-state index contributed by atoms with van der Waals surface area (Å²) in [7, 11) is 0. The molecule has 0 fully saturated rings. The molecule has 2 aromatic rings. The Labute approximate surface area is 93.0 Å². The van der Waals surface area contributed by atoms with Crippen molar-refractivity contribution in [2.75, 3.05) is 0 Å². The van der Waals surface area contributed by atoms with Gasteiger partial charge in [-0.2, -0.15) is 0 Å². The van der Waals surface area contributed by atoms with Crippen molar-refractivity contribution in [3.8, 4) is 0 Å². The molecule has 1 N–H and O–H groups in total. The zero-order valence-electron chi connectivity index (χ0n) is 9.10. The molecule has 0 unspecified atom stereocenters. The third-order valence-electron chi connectivity index (χ3n) is 3.34. The Morgan fingerprint density at radius 2 is 2.31 bits per heavy atom. The summed E-state index contributed by atoms with van der Waals surface area (Å²) in [4.78, 5) is 12.1. The minimum atomic E-state index is -0.189. The zero-order chi connectivity index (χ0) is 11.3. The van der Waals surface area contributed by atoms with E-state index in [0.29, 0.717) is 5.56 Å². The molecule has 0 bridgehead atoms. The van der Waals surface area contributed by atoms with Gasteiger partial charge in [0, 0.05) is 11.6 Å². The molecular formula is C13H13NO2. The predicted octanol–water partition coefficient (Wildman–Crippen LogP) is 1.61. The van der Waals surface area contributed by atoms with E-state index in [1.54, 1.807) is 6.07 Å². The van der Waals surface area contributed by atoms with E-state index in [1.165, 1.54) is 5.56 Å². The Morgan fingerprint density at radius 3 is 3.06 bits per heavy atom. The number of pyridine rings is 1. The third-order valence-corrected chi connectivity index (χ3v) is 3.34. The van der Waals surface area contributed by atoms with Crippen molar-refractivity contribution < 1.29 is 5.11 Å². The number of para-hydroxylation sites is 1. The highest BCUT2D eigenvalue weighted by Gasteiger charge is 2.22. The fourth-order valence-electron chi connectivity index (χ4n) is 2.64. The van der Waals surface area contributed by atoms with Crippen molar-refractivity contribution in [3.05, 3.63) is 45.7 Å². The van der Waals surface area contributed by atoms with Crippen LogP contribution in [0.4, 0.5) is 0 Å². The summed E-state index contributed by atoms with van der Waals surface area (Å²) in [6, 6.07) is 8.06. The van der Waals surface area contributed by atoms with Gasteiger partial charge in [0.2, 0.25) is 0 Å². The lowest BCUT2D eigenvalue weighted by Gasteiger charge is -2.10. The Hall–Kier alpha value is -1.61. The maximum absolute atomic E-state index is 12.1. The average Bonchev–Trinajstić information content (AvgIpc) is 2.61. The topological polar surface area (TPSA) is 42.2 Å². The van der Waals surface area contributed by atoms with Crippen molar-refractivity contribution in [3.63, 3.8) is 0 Å². The first kappa shape index (κ1) is 9.60. The van der Waals surface area contributed by atoms with Gasteiger partial charge in [0.1, 0.15) is 0 Å². The summed E-state index contributed by atoms with van der Waals surface area (Å²) in [6.07, 6.45) is 0.904. The van der Waals surface area contributed by atoms with E-state index in [4.69, 9.17) is 0 Å². The predicted molar refractivity (Wildman–Crippen MR) is 62.5 cm³/mol. The molecular weight excluding hydrogens is 202 g/mol. The fourth-order valence-corrected chi connectivity index (χ4v) is 2.64. The lowest BCUT2D eigenvalue weighted by atomic mass is 10.1. The van der Waals surface area contributed by atoms with Crippen LogP contribution in [0.1, 0.15) is 24.1 Å². The molecule has 1 aromatic heterocycles. The van der Waals surface area contributed by atoms with Crippen LogP contribution in [0.25, 0.3) is 10.9 Å². The van der Waals surface area contributed by atoms with Crippen LogP contribution < -0.4 is 5.56 Å². The second-order valence-corrected chi connectivity index (χ2v) is 4.41. The van der Waals surface area contributed by atoms with E-state index in [9.17, 15) is 9.90 Å². The molecule has 0 radical (unpaired) electrons. The number of hydrogen-bond acceptors (Lipinski definition) is 2. The molecule has 82 valence electrons. The number of rotatable bonds is 1. The highest BCUT2D eigenvalue weighted by Crippen LogP contribution is 2.30. The van der Waals surface area contributed by atoms with Gasteiger partial charge < -0.3 is 9.67 Å². The molecule has 0 aliphatic carbocycles. The summed E-state index contributed by atoms with van der Waals surface area (Å²) >= 11 is 0. The van der Waals surface area contributed by atoms with Crippen molar-refractivity contribution >= 4 is 10.9 Å². The molecule has 3 heteroatoms. The van der Waals surface area contributed by atoms with Gasteiger partial charge >= 0.3 is 0 Å². The fraction of sp³-hybridized carbons (Fsp3) is 0.308. The monoisotopic (exact) mass is 215 g/mol. The van der Waals surface area contributed by atoms with Crippen molar-refractivity contribution in [1.29, 1.82) is 0 Å². The number of hydrogen-bond donors (Lipinski definition) is 1. The van der Waals surface area contributed by atoms with E-state index in [0.717, 1.165) is 17.3 Å². The summed E-state index contributed by atoms with van der Waals surface area (Å²) in [5.41, 5.74) is 2.70. The van der Waals surface area contributed by atoms with Gasteiger partial charge in [0.15, 0.2) is 0 Å². The van der Waals surface area contributed by atoms with Crippen molar-refractivity contribution in [1.82, 2.24) is 4.57 Å². The minimum Gasteiger partial charge on any atom is -0.391 e. The molecule has 16 heavy (non-hydrogen) atoms. The number of aromatic nitrogens is 1. The van der Waals surface area contributed by atoms with Gasteiger partial charge in [0.25, 0.3) is 5.56 Å². The third kappa shape index (κ3) is 1.09. The van der Waals surface area contributed by atoms with Crippen molar-refractivity contribution in [2.45, 2.75) is 26.0 Å². The highest BCUT2D eigenvalue weighted by atomic mass is 16.3. The number of aliphatic hydroxyl groups excluding tert-OH is 1. The van der Waals surface area contributed by atoms with E-state index in [1.807, 2.05) is 23.6 Å². The lowest BCUT2D eigenvalue weighted by Crippen LogP contribution is -2.24. The molecule has 3 nitrogen and oxygen atoms in total. The average molecular weight is 215 g/mol. The number of benzene rings is 1.